The number of nitrogens with zero attached hydrogens (tertiary/aromatic N) is 1. The standard InChI is InChI=1S/C15H21NO2/c1-5-6-10-13(17)18-11-9-7-8-15(4,12(11)16-10)14(9,2)3/h5,9-11H,1,6-8H2,2-4H3/t9-,10-,11-,15+/m1/s1. The summed E-state index contributed by atoms with van der Waals surface area (Å²) in [6.45, 7) is 10.6. The molecule has 4 atom stereocenters. The van der Waals surface area contributed by atoms with Gasteiger partial charge in [-0.3, -0.25) is 4.99 Å². The van der Waals surface area contributed by atoms with Gasteiger partial charge in [-0.2, -0.15) is 0 Å². The summed E-state index contributed by atoms with van der Waals surface area (Å²) >= 11 is 0. The molecule has 0 unspecified atom stereocenters. The summed E-state index contributed by atoms with van der Waals surface area (Å²) in [5.74, 6) is 0.269. The largest absolute Gasteiger partial charge is 0.454 e. The Morgan fingerprint density at radius 2 is 2.22 bits per heavy atom. The van der Waals surface area contributed by atoms with Gasteiger partial charge in [-0.15, -0.1) is 6.58 Å². The number of carbonyl (C=O) groups is 1. The molecule has 18 heavy (non-hydrogen) atoms. The lowest BCUT2D eigenvalue weighted by Gasteiger charge is -2.36. The first kappa shape index (κ1) is 11.9. The highest BCUT2D eigenvalue weighted by Gasteiger charge is 2.67. The van der Waals surface area contributed by atoms with E-state index in [4.69, 9.17) is 9.73 Å². The third-order valence-electron chi connectivity index (χ3n) is 5.70. The summed E-state index contributed by atoms with van der Waals surface area (Å²) in [6, 6.07) is -0.360. The number of carbonyl (C=O) groups excluding carboxylic acids is 1. The number of ether oxygens (including phenoxy) is 1. The minimum Gasteiger partial charge on any atom is -0.454 e. The van der Waals surface area contributed by atoms with Crippen LogP contribution in [0.2, 0.25) is 0 Å². The fourth-order valence-corrected chi connectivity index (χ4v) is 4.11. The van der Waals surface area contributed by atoms with Crippen LogP contribution in [-0.2, 0) is 9.53 Å². The molecular weight excluding hydrogens is 226 g/mol. The van der Waals surface area contributed by atoms with E-state index in [1.807, 2.05) is 0 Å². The van der Waals surface area contributed by atoms with Crippen LogP contribution in [0.5, 0.6) is 0 Å². The number of esters is 1. The van der Waals surface area contributed by atoms with E-state index in [1.165, 1.54) is 6.42 Å². The maximum absolute atomic E-state index is 11.9. The van der Waals surface area contributed by atoms with Gasteiger partial charge in [0.25, 0.3) is 0 Å². The molecule has 3 rings (SSSR count). The predicted octanol–water partition coefficient (Wildman–Crippen LogP) is 2.75. The molecule has 98 valence electrons. The van der Waals surface area contributed by atoms with Crippen molar-refractivity contribution < 1.29 is 9.53 Å². The fraction of sp³-hybridized carbons (Fsp3) is 0.733. The molecule has 2 fully saturated rings. The summed E-state index contributed by atoms with van der Waals surface area (Å²) < 4.78 is 5.69. The van der Waals surface area contributed by atoms with Gasteiger partial charge in [0, 0.05) is 11.3 Å². The summed E-state index contributed by atoms with van der Waals surface area (Å²) in [4.78, 5) is 16.7. The second-order valence-electron chi connectivity index (χ2n) is 6.61. The van der Waals surface area contributed by atoms with Crippen molar-refractivity contribution in [3.8, 4) is 0 Å². The second-order valence-corrected chi connectivity index (χ2v) is 6.61. The van der Waals surface area contributed by atoms with Gasteiger partial charge in [0.15, 0.2) is 6.04 Å². The summed E-state index contributed by atoms with van der Waals surface area (Å²) in [5, 5.41) is 0. The first-order chi connectivity index (χ1) is 8.41. The molecule has 0 aromatic heterocycles. The topological polar surface area (TPSA) is 38.7 Å². The molecule has 0 amide bonds. The SMILES string of the molecule is C=CC[C@H]1N=C2[C@H](OC1=O)[C@H]1CC[C@]2(C)C1(C)C. The lowest BCUT2D eigenvalue weighted by atomic mass is 9.70. The average Bonchev–Trinajstić information content (AvgIpc) is 2.61. The van der Waals surface area contributed by atoms with Crippen LogP contribution >= 0.6 is 0 Å². The third-order valence-corrected chi connectivity index (χ3v) is 5.70. The molecule has 1 aliphatic heterocycles. The Labute approximate surface area is 108 Å². The lowest BCUT2D eigenvalue weighted by molar-refractivity contribution is -0.151. The molecule has 2 aliphatic carbocycles. The highest BCUT2D eigenvalue weighted by atomic mass is 16.5. The van der Waals surface area contributed by atoms with Gasteiger partial charge in [-0.05, 0) is 24.7 Å². The Kier molecular flexibility index (Phi) is 2.30. The second kappa shape index (κ2) is 3.46. The average molecular weight is 247 g/mol. The van der Waals surface area contributed by atoms with E-state index < -0.39 is 0 Å². The number of aliphatic imine (C=N–C) groups is 1. The zero-order valence-corrected chi connectivity index (χ0v) is 11.4. The highest BCUT2D eigenvalue weighted by molar-refractivity contribution is 6.02. The van der Waals surface area contributed by atoms with E-state index in [0.29, 0.717) is 12.3 Å². The van der Waals surface area contributed by atoms with Crippen LogP contribution in [0, 0.1) is 16.7 Å². The van der Waals surface area contributed by atoms with Crippen molar-refractivity contribution in [2.45, 2.75) is 52.2 Å². The molecule has 3 nitrogen and oxygen atoms in total. The van der Waals surface area contributed by atoms with Crippen molar-refractivity contribution in [2.24, 2.45) is 21.7 Å². The van der Waals surface area contributed by atoms with Gasteiger partial charge in [0.05, 0.1) is 5.71 Å². The van der Waals surface area contributed by atoms with Crippen LogP contribution in [0.1, 0.15) is 40.0 Å². The molecular formula is C15H21NO2. The van der Waals surface area contributed by atoms with E-state index in [-0.39, 0.29) is 28.9 Å². The Hall–Kier alpha value is -1.12. The Bertz CT molecular complexity index is 451. The first-order valence-electron chi connectivity index (χ1n) is 6.81. The van der Waals surface area contributed by atoms with E-state index in [0.717, 1.165) is 12.1 Å². The minimum atomic E-state index is -0.360. The molecule has 1 heterocycles. The van der Waals surface area contributed by atoms with Gasteiger partial charge < -0.3 is 4.74 Å². The monoisotopic (exact) mass is 247 g/mol. The molecule has 0 N–H and O–H groups in total. The Balaban J connectivity index is 2.05. The number of rotatable bonds is 2. The molecule has 0 aromatic rings. The minimum absolute atomic E-state index is 0.0627. The normalized spacial score (nSPS) is 44.3. The van der Waals surface area contributed by atoms with Crippen LogP contribution in [0.4, 0.5) is 0 Å². The smallest absolute Gasteiger partial charge is 0.331 e. The van der Waals surface area contributed by atoms with Crippen molar-refractivity contribution in [1.82, 2.24) is 0 Å². The zero-order valence-electron chi connectivity index (χ0n) is 11.4. The van der Waals surface area contributed by atoms with Crippen LogP contribution in [0.15, 0.2) is 17.6 Å². The summed E-state index contributed by atoms with van der Waals surface area (Å²) in [5.41, 5.74) is 1.41. The predicted molar refractivity (Wildman–Crippen MR) is 70.5 cm³/mol. The number of fused-ring (bicyclic) bond motifs is 5. The maximum atomic E-state index is 11.9. The van der Waals surface area contributed by atoms with Crippen molar-refractivity contribution in [3.63, 3.8) is 0 Å². The van der Waals surface area contributed by atoms with Crippen molar-refractivity contribution in [3.05, 3.63) is 12.7 Å². The summed E-state index contributed by atoms with van der Waals surface area (Å²) in [6.07, 6.45) is 4.57. The summed E-state index contributed by atoms with van der Waals surface area (Å²) in [7, 11) is 0. The lowest BCUT2D eigenvalue weighted by Crippen LogP contribution is -2.44. The van der Waals surface area contributed by atoms with Crippen molar-refractivity contribution in [2.75, 3.05) is 0 Å². The van der Waals surface area contributed by atoms with E-state index in [1.54, 1.807) is 6.08 Å². The number of hydrogen-bond donors (Lipinski definition) is 0. The highest BCUT2D eigenvalue weighted by Crippen LogP contribution is 2.65. The van der Waals surface area contributed by atoms with Crippen molar-refractivity contribution in [1.29, 1.82) is 0 Å². The van der Waals surface area contributed by atoms with Gasteiger partial charge in [0.2, 0.25) is 0 Å². The van der Waals surface area contributed by atoms with E-state index in [2.05, 4.69) is 27.4 Å². The van der Waals surface area contributed by atoms with Crippen LogP contribution in [0.25, 0.3) is 0 Å². The van der Waals surface area contributed by atoms with Gasteiger partial charge >= 0.3 is 5.97 Å². The van der Waals surface area contributed by atoms with Gasteiger partial charge in [0.1, 0.15) is 6.10 Å². The van der Waals surface area contributed by atoms with Crippen molar-refractivity contribution >= 4 is 11.7 Å². The zero-order chi connectivity index (χ0) is 13.1. The van der Waals surface area contributed by atoms with Crippen LogP contribution in [-0.4, -0.2) is 23.8 Å². The maximum Gasteiger partial charge on any atom is 0.331 e. The van der Waals surface area contributed by atoms with Gasteiger partial charge in [-0.1, -0.05) is 26.8 Å². The molecule has 3 aliphatic rings. The molecule has 2 saturated carbocycles. The Morgan fingerprint density at radius 1 is 1.50 bits per heavy atom. The number of hydrogen-bond acceptors (Lipinski definition) is 3. The molecule has 0 radical (unpaired) electrons. The molecule has 0 aromatic carbocycles. The Morgan fingerprint density at radius 3 is 2.89 bits per heavy atom. The van der Waals surface area contributed by atoms with Gasteiger partial charge in [-0.25, -0.2) is 4.79 Å². The van der Waals surface area contributed by atoms with Crippen LogP contribution in [0.3, 0.4) is 0 Å². The molecule has 2 bridgehead atoms. The molecule has 0 spiro atoms. The quantitative estimate of drug-likeness (QED) is 0.556. The van der Waals surface area contributed by atoms with E-state index in [9.17, 15) is 4.79 Å². The fourth-order valence-electron chi connectivity index (χ4n) is 4.11. The molecule has 3 heteroatoms. The van der Waals surface area contributed by atoms with E-state index >= 15 is 0 Å². The van der Waals surface area contributed by atoms with Crippen LogP contribution < -0.4 is 0 Å². The first-order valence-corrected chi connectivity index (χ1v) is 6.81. The third kappa shape index (κ3) is 1.20. The molecule has 0 saturated heterocycles.